The van der Waals surface area contributed by atoms with Gasteiger partial charge in [0.05, 0.1) is 11.5 Å². The lowest BCUT2D eigenvalue weighted by Crippen LogP contribution is -2.34. The highest BCUT2D eigenvalue weighted by Crippen LogP contribution is 2.21. The summed E-state index contributed by atoms with van der Waals surface area (Å²) in [5.41, 5.74) is -0.338. The molecule has 5 heteroatoms. The van der Waals surface area contributed by atoms with Crippen LogP contribution in [0, 0.1) is 11.2 Å². The minimum absolute atomic E-state index is 0.103. The molecular formula is C14H18FNO3. The molecule has 0 saturated heterocycles. The third kappa shape index (κ3) is 4.35. The van der Waals surface area contributed by atoms with E-state index in [1.165, 1.54) is 26.0 Å². The topological polar surface area (TPSA) is 66.4 Å². The molecule has 1 atom stereocenters. The summed E-state index contributed by atoms with van der Waals surface area (Å²) in [4.78, 5) is 22.7. The van der Waals surface area contributed by atoms with Crippen LogP contribution in [0.25, 0.3) is 0 Å². The minimum atomic E-state index is -1.10. The van der Waals surface area contributed by atoms with Gasteiger partial charge in [-0.25, -0.2) is 4.39 Å². The van der Waals surface area contributed by atoms with Gasteiger partial charge in [0, 0.05) is 6.42 Å². The summed E-state index contributed by atoms with van der Waals surface area (Å²) < 4.78 is 12.8. The highest BCUT2D eigenvalue weighted by molar-refractivity contribution is 5.84. The van der Waals surface area contributed by atoms with Crippen LogP contribution in [0.5, 0.6) is 0 Å². The maximum absolute atomic E-state index is 12.8. The van der Waals surface area contributed by atoms with Crippen molar-refractivity contribution in [2.45, 2.75) is 33.2 Å². The average molecular weight is 267 g/mol. The van der Waals surface area contributed by atoms with E-state index in [1.54, 1.807) is 19.1 Å². The molecule has 2 N–H and O–H groups in total. The van der Waals surface area contributed by atoms with E-state index >= 15 is 0 Å². The number of carboxylic acids is 1. The number of hydrogen-bond acceptors (Lipinski definition) is 2. The molecule has 0 heterocycles. The molecule has 0 bridgehead atoms. The number of rotatable bonds is 5. The second-order valence-electron chi connectivity index (χ2n) is 5.21. The summed E-state index contributed by atoms with van der Waals surface area (Å²) >= 11 is 0. The van der Waals surface area contributed by atoms with Crippen LogP contribution in [0.2, 0.25) is 0 Å². The third-order valence-electron chi connectivity index (χ3n) is 2.93. The number of carbonyl (C=O) groups excluding carboxylic acids is 1. The second kappa shape index (κ2) is 5.82. The maximum Gasteiger partial charge on any atom is 0.309 e. The average Bonchev–Trinajstić information content (AvgIpc) is 2.28. The predicted octanol–water partition coefficient (Wildman–Crippen LogP) is 2.50. The first-order chi connectivity index (χ1) is 8.72. The fraction of sp³-hybridized carbons (Fsp3) is 0.429. The van der Waals surface area contributed by atoms with E-state index in [1.807, 2.05) is 0 Å². The third-order valence-corrected chi connectivity index (χ3v) is 2.93. The molecule has 1 aromatic carbocycles. The summed E-state index contributed by atoms with van der Waals surface area (Å²) in [5, 5.41) is 11.7. The number of nitrogens with one attached hydrogen (secondary N) is 1. The van der Waals surface area contributed by atoms with E-state index in [2.05, 4.69) is 5.32 Å². The summed E-state index contributed by atoms with van der Waals surface area (Å²) in [5.74, 6) is -1.70. The molecule has 0 aromatic heterocycles. The molecule has 19 heavy (non-hydrogen) atoms. The molecule has 0 aliphatic carbocycles. The first kappa shape index (κ1) is 15.1. The molecule has 1 amide bonds. The van der Waals surface area contributed by atoms with Crippen LogP contribution < -0.4 is 5.32 Å². The fourth-order valence-corrected chi connectivity index (χ4v) is 1.60. The van der Waals surface area contributed by atoms with Crippen LogP contribution in [-0.2, 0) is 9.59 Å². The smallest absolute Gasteiger partial charge is 0.309 e. The molecule has 1 aromatic rings. The Hall–Kier alpha value is -1.91. The molecule has 1 rings (SSSR count). The van der Waals surface area contributed by atoms with Crippen molar-refractivity contribution in [1.82, 2.24) is 5.32 Å². The highest BCUT2D eigenvalue weighted by Gasteiger charge is 2.30. The lowest BCUT2D eigenvalue weighted by atomic mass is 9.89. The molecule has 0 radical (unpaired) electrons. The van der Waals surface area contributed by atoms with Gasteiger partial charge in [0.15, 0.2) is 0 Å². The maximum atomic E-state index is 12.8. The first-order valence-electron chi connectivity index (χ1n) is 6.00. The molecule has 0 aliphatic heterocycles. The van der Waals surface area contributed by atoms with Crippen LogP contribution in [0.15, 0.2) is 24.3 Å². The SMILES string of the molecule is C[C@@H](NC(=O)CC(C)(C)C(=O)O)c1ccc(F)cc1. The highest BCUT2D eigenvalue weighted by atomic mass is 19.1. The van der Waals surface area contributed by atoms with Crippen molar-refractivity contribution in [3.05, 3.63) is 35.6 Å². The normalized spacial score (nSPS) is 12.8. The van der Waals surface area contributed by atoms with Gasteiger partial charge >= 0.3 is 5.97 Å². The van der Waals surface area contributed by atoms with Gasteiger partial charge in [-0.15, -0.1) is 0 Å². The number of halogens is 1. The van der Waals surface area contributed by atoms with E-state index in [0.29, 0.717) is 0 Å². The standard InChI is InChI=1S/C14H18FNO3/c1-9(10-4-6-11(15)7-5-10)16-12(17)8-14(2,3)13(18)19/h4-7,9H,8H2,1-3H3,(H,16,17)(H,18,19)/t9-/m1/s1. The van der Waals surface area contributed by atoms with Gasteiger partial charge < -0.3 is 10.4 Å². The number of aliphatic carboxylic acids is 1. The lowest BCUT2D eigenvalue weighted by molar-refractivity contribution is -0.149. The number of hydrogen-bond donors (Lipinski definition) is 2. The minimum Gasteiger partial charge on any atom is -0.481 e. The van der Waals surface area contributed by atoms with Gasteiger partial charge in [-0.3, -0.25) is 9.59 Å². The number of benzene rings is 1. The summed E-state index contributed by atoms with van der Waals surface area (Å²) in [6, 6.07) is 5.52. The van der Waals surface area contributed by atoms with Gasteiger partial charge in [0.1, 0.15) is 5.82 Å². The van der Waals surface area contributed by atoms with Crippen molar-refractivity contribution in [2.75, 3.05) is 0 Å². The molecule has 104 valence electrons. The molecular weight excluding hydrogens is 249 g/mol. The Kier molecular flexibility index (Phi) is 4.64. The monoisotopic (exact) mass is 267 g/mol. The molecule has 0 aliphatic rings. The van der Waals surface area contributed by atoms with Crippen molar-refractivity contribution in [1.29, 1.82) is 0 Å². The molecule has 0 spiro atoms. The van der Waals surface area contributed by atoms with Crippen molar-refractivity contribution in [2.24, 2.45) is 5.41 Å². The van der Waals surface area contributed by atoms with E-state index in [4.69, 9.17) is 5.11 Å². The fourth-order valence-electron chi connectivity index (χ4n) is 1.60. The van der Waals surface area contributed by atoms with Crippen molar-refractivity contribution < 1.29 is 19.1 Å². The molecule has 4 nitrogen and oxygen atoms in total. The van der Waals surface area contributed by atoms with E-state index < -0.39 is 11.4 Å². The molecule has 0 saturated carbocycles. The zero-order valence-corrected chi connectivity index (χ0v) is 11.2. The summed E-state index contributed by atoms with van der Waals surface area (Å²) in [7, 11) is 0. The van der Waals surface area contributed by atoms with E-state index in [-0.39, 0.29) is 24.2 Å². The van der Waals surface area contributed by atoms with Crippen molar-refractivity contribution >= 4 is 11.9 Å². The van der Waals surface area contributed by atoms with Gasteiger partial charge in [-0.1, -0.05) is 12.1 Å². The van der Waals surface area contributed by atoms with Crippen molar-refractivity contribution in [3.8, 4) is 0 Å². The summed E-state index contributed by atoms with van der Waals surface area (Å²) in [6.07, 6.45) is -0.103. The predicted molar refractivity (Wildman–Crippen MR) is 69.0 cm³/mol. The van der Waals surface area contributed by atoms with Crippen LogP contribution in [0.1, 0.15) is 38.8 Å². The van der Waals surface area contributed by atoms with Gasteiger partial charge in [0.2, 0.25) is 5.91 Å². The Balaban J connectivity index is 2.62. The van der Waals surface area contributed by atoms with E-state index in [9.17, 15) is 14.0 Å². The number of amides is 1. The molecule has 0 fully saturated rings. The zero-order chi connectivity index (χ0) is 14.6. The van der Waals surface area contributed by atoms with Gasteiger partial charge in [-0.05, 0) is 38.5 Å². The number of carboxylic acid groups (broad SMARTS) is 1. The Morgan fingerprint density at radius 1 is 1.32 bits per heavy atom. The zero-order valence-electron chi connectivity index (χ0n) is 11.2. The number of carbonyl (C=O) groups is 2. The Morgan fingerprint density at radius 3 is 2.32 bits per heavy atom. The quantitative estimate of drug-likeness (QED) is 0.861. The van der Waals surface area contributed by atoms with E-state index in [0.717, 1.165) is 5.56 Å². The Bertz CT molecular complexity index is 468. The first-order valence-corrected chi connectivity index (χ1v) is 6.00. The van der Waals surface area contributed by atoms with Gasteiger partial charge in [0.25, 0.3) is 0 Å². The second-order valence-corrected chi connectivity index (χ2v) is 5.21. The van der Waals surface area contributed by atoms with Crippen LogP contribution >= 0.6 is 0 Å². The largest absolute Gasteiger partial charge is 0.481 e. The van der Waals surface area contributed by atoms with Gasteiger partial charge in [-0.2, -0.15) is 0 Å². The van der Waals surface area contributed by atoms with Crippen LogP contribution in [-0.4, -0.2) is 17.0 Å². The van der Waals surface area contributed by atoms with Crippen LogP contribution in [0.3, 0.4) is 0 Å². The van der Waals surface area contributed by atoms with Crippen LogP contribution in [0.4, 0.5) is 4.39 Å². The molecule has 0 unspecified atom stereocenters. The lowest BCUT2D eigenvalue weighted by Gasteiger charge is -2.20. The van der Waals surface area contributed by atoms with Crippen molar-refractivity contribution in [3.63, 3.8) is 0 Å². The Morgan fingerprint density at radius 2 is 1.84 bits per heavy atom. The Labute approximate surface area is 111 Å². The summed E-state index contributed by atoms with van der Waals surface area (Å²) in [6.45, 7) is 4.76.